The fourth-order valence-electron chi connectivity index (χ4n) is 1.67. The van der Waals surface area contributed by atoms with Crippen molar-refractivity contribution in [3.05, 3.63) is 0 Å². The normalized spacial score (nSPS) is 25.6. The van der Waals surface area contributed by atoms with Gasteiger partial charge in [-0.3, -0.25) is 0 Å². The SMILES string of the molecule is OC1(C(F)(F)C(F)Cl)CCCCC1. The third-order valence-electron chi connectivity index (χ3n) is 2.58. The molecule has 0 bridgehead atoms. The molecule has 13 heavy (non-hydrogen) atoms. The Hall–Kier alpha value is 0.0400. The van der Waals surface area contributed by atoms with Crippen LogP contribution in [-0.4, -0.2) is 22.3 Å². The molecule has 1 unspecified atom stereocenters. The summed E-state index contributed by atoms with van der Waals surface area (Å²) in [6.07, 6.45) is 1.64. The van der Waals surface area contributed by atoms with E-state index in [4.69, 9.17) is 11.6 Å². The summed E-state index contributed by atoms with van der Waals surface area (Å²) in [5.74, 6) is -3.84. The largest absolute Gasteiger partial charge is 0.383 e. The molecule has 5 heteroatoms. The van der Waals surface area contributed by atoms with Gasteiger partial charge in [-0.25, -0.2) is 4.39 Å². The quantitative estimate of drug-likeness (QED) is 0.704. The van der Waals surface area contributed by atoms with Crippen molar-refractivity contribution in [2.75, 3.05) is 0 Å². The maximum Gasteiger partial charge on any atom is 0.320 e. The summed E-state index contributed by atoms with van der Waals surface area (Å²) >= 11 is 4.72. The molecule has 1 N–H and O–H groups in total. The lowest BCUT2D eigenvalue weighted by atomic mass is 9.80. The summed E-state index contributed by atoms with van der Waals surface area (Å²) in [5.41, 5.74) is -5.05. The molecular weight excluding hydrogens is 205 g/mol. The molecule has 0 radical (unpaired) electrons. The second kappa shape index (κ2) is 3.65. The van der Waals surface area contributed by atoms with Gasteiger partial charge in [-0.1, -0.05) is 30.9 Å². The lowest BCUT2D eigenvalue weighted by Crippen LogP contribution is -2.53. The molecule has 1 rings (SSSR count). The molecule has 1 aliphatic carbocycles. The third-order valence-corrected chi connectivity index (χ3v) is 2.85. The van der Waals surface area contributed by atoms with E-state index in [0.29, 0.717) is 12.8 Å². The van der Waals surface area contributed by atoms with Gasteiger partial charge in [0.2, 0.25) is 5.63 Å². The van der Waals surface area contributed by atoms with Crippen molar-refractivity contribution in [2.24, 2.45) is 0 Å². The van der Waals surface area contributed by atoms with Gasteiger partial charge in [0.25, 0.3) is 0 Å². The smallest absolute Gasteiger partial charge is 0.320 e. The van der Waals surface area contributed by atoms with Gasteiger partial charge < -0.3 is 5.11 Å². The van der Waals surface area contributed by atoms with Crippen molar-refractivity contribution >= 4 is 11.6 Å². The Kier molecular flexibility index (Phi) is 3.12. The Morgan fingerprint density at radius 3 is 2.08 bits per heavy atom. The van der Waals surface area contributed by atoms with E-state index >= 15 is 0 Å². The molecule has 1 fully saturated rings. The van der Waals surface area contributed by atoms with Crippen LogP contribution in [0.15, 0.2) is 0 Å². The van der Waals surface area contributed by atoms with Crippen LogP contribution in [0.25, 0.3) is 0 Å². The topological polar surface area (TPSA) is 20.2 Å². The van der Waals surface area contributed by atoms with Crippen LogP contribution in [0, 0.1) is 0 Å². The highest BCUT2D eigenvalue weighted by Gasteiger charge is 2.57. The Morgan fingerprint density at radius 1 is 1.23 bits per heavy atom. The minimum atomic E-state index is -3.84. The Balaban J connectivity index is 2.76. The zero-order valence-electron chi connectivity index (χ0n) is 7.07. The van der Waals surface area contributed by atoms with E-state index in [-0.39, 0.29) is 12.8 Å². The molecule has 0 aliphatic heterocycles. The highest BCUT2D eigenvalue weighted by atomic mass is 35.5. The van der Waals surface area contributed by atoms with Crippen molar-refractivity contribution in [3.8, 4) is 0 Å². The molecule has 0 spiro atoms. The van der Waals surface area contributed by atoms with E-state index in [1.807, 2.05) is 0 Å². The molecule has 1 saturated carbocycles. The monoisotopic (exact) mass is 216 g/mol. The second-order valence-corrected chi connectivity index (χ2v) is 3.90. The van der Waals surface area contributed by atoms with Crippen molar-refractivity contribution in [1.29, 1.82) is 0 Å². The maximum atomic E-state index is 13.1. The first-order valence-corrected chi connectivity index (χ1v) is 4.72. The van der Waals surface area contributed by atoms with E-state index < -0.39 is 17.2 Å². The summed E-state index contributed by atoms with van der Waals surface area (Å²) < 4.78 is 38.5. The van der Waals surface area contributed by atoms with Crippen molar-refractivity contribution < 1.29 is 18.3 Å². The average molecular weight is 217 g/mol. The van der Waals surface area contributed by atoms with E-state index in [1.165, 1.54) is 0 Å². The van der Waals surface area contributed by atoms with Gasteiger partial charge in [0.1, 0.15) is 5.60 Å². The van der Waals surface area contributed by atoms with Gasteiger partial charge in [-0.2, -0.15) is 8.78 Å². The van der Waals surface area contributed by atoms with Gasteiger partial charge in [0.15, 0.2) is 0 Å². The van der Waals surface area contributed by atoms with E-state index in [1.54, 1.807) is 0 Å². The van der Waals surface area contributed by atoms with Crippen LogP contribution in [0.1, 0.15) is 32.1 Å². The minimum absolute atomic E-state index is 0.0762. The summed E-state index contributed by atoms with van der Waals surface area (Å²) in [5, 5.41) is 9.50. The van der Waals surface area contributed by atoms with E-state index in [2.05, 4.69) is 0 Å². The van der Waals surface area contributed by atoms with Gasteiger partial charge in [0, 0.05) is 0 Å². The number of hydrogen-bond acceptors (Lipinski definition) is 1. The molecule has 1 aliphatic rings. The molecule has 0 aromatic carbocycles. The van der Waals surface area contributed by atoms with Crippen LogP contribution in [0.4, 0.5) is 13.2 Å². The van der Waals surface area contributed by atoms with Crippen LogP contribution in [0.3, 0.4) is 0 Å². The second-order valence-electron chi connectivity index (χ2n) is 3.52. The lowest BCUT2D eigenvalue weighted by Gasteiger charge is -2.38. The van der Waals surface area contributed by atoms with Gasteiger partial charge in [-0.15, -0.1) is 0 Å². The predicted octanol–water partition coefficient (Wildman–Crippen LogP) is 2.85. The van der Waals surface area contributed by atoms with Crippen LogP contribution in [-0.2, 0) is 0 Å². The van der Waals surface area contributed by atoms with Crippen LogP contribution in [0.5, 0.6) is 0 Å². The highest BCUT2D eigenvalue weighted by molar-refractivity contribution is 6.20. The van der Waals surface area contributed by atoms with Gasteiger partial charge >= 0.3 is 5.92 Å². The zero-order chi connectivity index (χ0) is 10.1. The van der Waals surface area contributed by atoms with Crippen molar-refractivity contribution in [2.45, 2.75) is 49.3 Å². The number of hydrogen-bond donors (Lipinski definition) is 1. The fourth-order valence-corrected chi connectivity index (χ4v) is 1.88. The average Bonchev–Trinajstić information content (AvgIpc) is 2.05. The summed E-state index contributed by atoms with van der Waals surface area (Å²) in [6, 6.07) is 0. The Bertz CT molecular complexity index is 178. The van der Waals surface area contributed by atoms with Crippen molar-refractivity contribution in [3.63, 3.8) is 0 Å². The molecule has 0 aromatic rings. The van der Waals surface area contributed by atoms with Gasteiger partial charge in [-0.05, 0) is 12.8 Å². The number of halogens is 4. The van der Waals surface area contributed by atoms with E-state index in [0.717, 1.165) is 6.42 Å². The highest BCUT2D eigenvalue weighted by Crippen LogP contribution is 2.44. The van der Waals surface area contributed by atoms with Crippen LogP contribution >= 0.6 is 11.6 Å². The summed E-state index contributed by atoms with van der Waals surface area (Å²) in [4.78, 5) is 0. The summed E-state index contributed by atoms with van der Waals surface area (Å²) in [7, 11) is 0. The van der Waals surface area contributed by atoms with Crippen LogP contribution < -0.4 is 0 Å². The maximum absolute atomic E-state index is 13.1. The molecular formula is C8H12ClF3O. The zero-order valence-corrected chi connectivity index (χ0v) is 7.83. The predicted molar refractivity (Wildman–Crippen MR) is 43.7 cm³/mol. The number of alkyl halides is 4. The van der Waals surface area contributed by atoms with Gasteiger partial charge in [0.05, 0.1) is 0 Å². The lowest BCUT2D eigenvalue weighted by molar-refractivity contribution is -0.211. The van der Waals surface area contributed by atoms with E-state index in [9.17, 15) is 18.3 Å². The first-order chi connectivity index (χ1) is 5.90. The first-order valence-electron chi connectivity index (χ1n) is 4.28. The first kappa shape index (κ1) is 11.1. The summed E-state index contributed by atoms with van der Waals surface area (Å²) in [6.45, 7) is 0. The third kappa shape index (κ3) is 1.94. The Labute approximate surface area is 79.9 Å². The van der Waals surface area contributed by atoms with Crippen molar-refractivity contribution in [1.82, 2.24) is 0 Å². The fraction of sp³-hybridized carbons (Fsp3) is 1.00. The number of rotatable bonds is 2. The minimum Gasteiger partial charge on any atom is -0.383 e. The molecule has 0 amide bonds. The molecule has 1 nitrogen and oxygen atoms in total. The standard InChI is InChI=1S/C8H12ClF3O/c9-6(10)8(11,12)7(13)4-2-1-3-5-7/h6,13H,1-5H2. The molecule has 0 heterocycles. The molecule has 1 atom stereocenters. The van der Waals surface area contributed by atoms with Crippen LogP contribution in [0.2, 0.25) is 0 Å². The molecule has 78 valence electrons. The number of aliphatic hydroxyl groups is 1. The molecule has 0 saturated heterocycles. The molecule has 0 aromatic heterocycles. The Morgan fingerprint density at radius 2 is 1.69 bits per heavy atom.